The van der Waals surface area contributed by atoms with Crippen LogP contribution in [-0.4, -0.2) is 80.4 Å². The van der Waals surface area contributed by atoms with Gasteiger partial charge in [-0.1, -0.05) is 12.1 Å². The topological polar surface area (TPSA) is 53.1 Å². The number of hydrogen-bond donors (Lipinski definition) is 0. The van der Waals surface area contributed by atoms with Crippen LogP contribution in [0.25, 0.3) is 5.57 Å². The molecule has 142 valence electrons. The number of hydrogen-bond acceptors (Lipinski definition) is 4. The Labute approximate surface area is 156 Å². The minimum atomic E-state index is -0.00120. The second-order valence-electron chi connectivity index (χ2n) is 6.82. The van der Waals surface area contributed by atoms with E-state index in [2.05, 4.69) is 0 Å². The van der Waals surface area contributed by atoms with E-state index in [1.54, 1.807) is 13.2 Å². The lowest BCUT2D eigenvalue weighted by molar-refractivity contribution is -0.137. The first-order chi connectivity index (χ1) is 12.4. The van der Waals surface area contributed by atoms with E-state index in [-0.39, 0.29) is 11.8 Å². The number of methoxy groups -OCH3 is 1. The molecular weight excluding hydrogens is 330 g/mol. The van der Waals surface area contributed by atoms with E-state index in [1.165, 1.54) is 0 Å². The summed E-state index contributed by atoms with van der Waals surface area (Å²) in [6, 6.07) is 7.66. The molecule has 0 saturated carbocycles. The van der Waals surface area contributed by atoms with Crippen molar-refractivity contribution in [2.75, 3.05) is 53.9 Å². The van der Waals surface area contributed by atoms with Crippen molar-refractivity contribution < 1.29 is 14.3 Å². The molecule has 1 aromatic rings. The van der Waals surface area contributed by atoms with Gasteiger partial charge in [-0.25, -0.2) is 0 Å². The molecule has 0 spiro atoms. The SMILES string of the molecule is COc1ccc(/C(C)=C/C(=O)N2CCN(C(=O)CCN(C)C)CC2)cc1. The van der Waals surface area contributed by atoms with Gasteiger partial charge in [0, 0.05) is 45.2 Å². The van der Waals surface area contributed by atoms with Gasteiger partial charge in [0.15, 0.2) is 0 Å². The van der Waals surface area contributed by atoms with E-state index in [1.807, 2.05) is 60.0 Å². The quantitative estimate of drug-likeness (QED) is 0.726. The summed E-state index contributed by atoms with van der Waals surface area (Å²) in [6.45, 7) is 5.06. The number of amides is 2. The summed E-state index contributed by atoms with van der Waals surface area (Å²) in [4.78, 5) is 30.3. The predicted molar refractivity (Wildman–Crippen MR) is 103 cm³/mol. The van der Waals surface area contributed by atoms with E-state index in [0.717, 1.165) is 23.4 Å². The van der Waals surface area contributed by atoms with Crippen molar-refractivity contribution in [1.29, 1.82) is 0 Å². The van der Waals surface area contributed by atoms with Crippen LogP contribution in [0.2, 0.25) is 0 Å². The minimum Gasteiger partial charge on any atom is -0.497 e. The minimum absolute atomic E-state index is 0.00120. The molecule has 1 heterocycles. The van der Waals surface area contributed by atoms with Crippen LogP contribution in [0.1, 0.15) is 18.9 Å². The zero-order chi connectivity index (χ0) is 19.1. The van der Waals surface area contributed by atoms with Crippen LogP contribution in [0.15, 0.2) is 30.3 Å². The van der Waals surface area contributed by atoms with Crippen molar-refractivity contribution in [3.63, 3.8) is 0 Å². The molecule has 0 bridgehead atoms. The highest BCUT2D eigenvalue weighted by atomic mass is 16.5. The average molecular weight is 359 g/mol. The Morgan fingerprint density at radius 3 is 2.19 bits per heavy atom. The molecule has 0 radical (unpaired) electrons. The predicted octanol–water partition coefficient (Wildman–Crippen LogP) is 1.72. The van der Waals surface area contributed by atoms with Crippen LogP contribution in [0.3, 0.4) is 0 Å². The Kier molecular flexibility index (Phi) is 7.21. The zero-order valence-electron chi connectivity index (χ0n) is 16.2. The highest BCUT2D eigenvalue weighted by Gasteiger charge is 2.23. The van der Waals surface area contributed by atoms with Gasteiger partial charge in [0.05, 0.1) is 7.11 Å². The molecule has 0 aliphatic carbocycles. The highest BCUT2D eigenvalue weighted by molar-refractivity contribution is 5.95. The third-order valence-corrected chi connectivity index (χ3v) is 4.60. The summed E-state index contributed by atoms with van der Waals surface area (Å²) in [5.74, 6) is 0.956. The molecule has 26 heavy (non-hydrogen) atoms. The first kappa shape index (κ1) is 20.0. The Morgan fingerprint density at radius 1 is 1.08 bits per heavy atom. The van der Waals surface area contributed by atoms with Crippen LogP contribution in [0.5, 0.6) is 5.75 Å². The molecule has 0 aromatic heterocycles. The van der Waals surface area contributed by atoms with Gasteiger partial charge in [0.1, 0.15) is 5.75 Å². The van der Waals surface area contributed by atoms with Crippen molar-refractivity contribution in [2.24, 2.45) is 0 Å². The molecule has 1 fully saturated rings. The van der Waals surface area contributed by atoms with Crippen molar-refractivity contribution in [3.8, 4) is 5.75 Å². The van der Waals surface area contributed by atoms with Crippen molar-refractivity contribution >= 4 is 17.4 Å². The fourth-order valence-corrected chi connectivity index (χ4v) is 2.87. The van der Waals surface area contributed by atoms with Crippen LogP contribution < -0.4 is 4.74 Å². The van der Waals surface area contributed by atoms with Crippen LogP contribution in [-0.2, 0) is 9.59 Å². The zero-order valence-corrected chi connectivity index (χ0v) is 16.2. The molecule has 1 saturated heterocycles. The normalized spacial score (nSPS) is 15.3. The van der Waals surface area contributed by atoms with E-state index in [9.17, 15) is 9.59 Å². The third kappa shape index (κ3) is 5.59. The van der Waals surface area contributed by atoms with Gasteiger partial charge in [0.2, 0.25) is 11.8 Å². The first-order valence-corrected chi connectivity index (χ1v) is 8.95. The summed E-state index contributed by atoms with van der Waals surface area (Å²) < 4.78 is 5.16. The van der Waals surface area contributed by atoms with Gasteiger partial charge in [-0.15, -0.1) is 0 Å². The number of piperazine rings is 1. The molecule has 6 heteroatoms. The monoisotopic (exact) mass is 359 g/mol. The molecule has 0 N–H and O–H groups in total. The maximum atomic E-state index is 12.5. The molecular formula is C20H29N3O3. The Bertz CT molecular complexity index is 645. The fourth-order valence-electron chi connectivity index (χ4n) is 2.87. The van der Waals surface area contributed by atoms with Gasteiger partial charge in [0.25, 0.3) is 0 Å². The lowest BCUT2D eigenvalue weighted by Gasteiger charge is -2.34. The summed E-state index contributed by atoms with van der Waals surface area (Å²) in [5.41, 5.74) is 1.92. The largest absolute Gasteiger partial charge is 0.497 e. The molecule has 1 aromatic carbocycles. The number of carbonyl (C=O) groups is 2. The Balaban J connectivity index is 1.88. The second-order valence-corrected chi connectivity index (χ2v) is 6.82. The smallest absolute Gasteiger partial charge is 0.246 e. The average Bonchev–Trinajstić information content (AvgIpc) is 2.66. The summed E-state index contributed by atoms with van der Waals surface area (Å²) in [5, 5.41) is 0. The number of carbonyl (C=O) groups excluding carboxylic acids is 2. The van der Waals surface area contributed by atoms with Gasteiger partial charge >= 0.3 is 0 Å². The lowest BCUT2D eigenvalue weighted by atomic mass is 10.1. The van der Waals surface area contributed by atoms with Crippen LogP contribution in [0.4, 0.5) is 0 Å². The summed E-state index contributed by atoms with van der Waals surface area (Å²) >= 11 is 0. The number of ether oxygens (including phenoxy) is 1. The van der Waals surface area contributed by atoms with Crippen LogP contribution >= 0.6 is 0 Å². The van der Waals surface area contributed by atoms with Gasteiger partial charge < -0.3 is 19.4 Å². The molecule has 2 rings (SSSR count). The van der Waals surface area contributed by atoms with Gasteiger partial charge in [-0.2, -0.15) is 0 Å². The maximum absolute atomic E-state index is 12.5. The highest BCUT2D eigenvalue weighted by Crippen LogP contribution is 2.18. The maximum Gasteiger partial charge on any atom is 0.246 e. The van der Waals surface area contributed by atoms with E-state index in [0.29, 0.717) is 32.6 Å². The van der Waals surface area contributed by atoms with Crippen LogP contribution in [0, 0.1) is 0 Å². The summed E-state index contributed by atoms with van der Waals surface area (Å²) in [6.07, 6.45) is 2.20. The van der Waals surface area contributed by atoms with Crippen molar-refractivity contribution in [2.45, 2.75) is 13.3 Å². The van der Waals surface area contributed by atoms with E-state index in [4.69, 9.17) is 4.74 Å². The summed E-state index contributed by atoms with van der Waals surface area (Å²) in [7, 11) is 5.55. The Hall–Kier alpha value is -2.34. The van der Waals surface area contributed by atoms with E-state index >= 15 is 0 Å². The second kappa shape index (κ2) is 9.38. The standard InChI is InChI=1S/C20H29N3O3/c1-16(17-5-7-18(26-4)8-6-17)15-20(25)23-13-11-22(12-14-23)19(24)9-10-21(2)3/h5-8,15H,9-14H2,1-4H3/b16-15+. The molecule has 0 unspecified atom stereocenters. The van der Waals surface area contributed by atoms with Gasteiger partial charge in [-0.3, -0.25) is 9.59 Å². The fraction of sp³-hybridized carbons (Fsp3) is 0.500. The molecule has 1 aliphatic heterocycles. The lowest BCUT2D eigenvalue weighted by Crippen LogP contribution is -2.50. The molecule has 6 nitrogen and oxygen atoms in total. The first-order valence-electron chi connectivity index (χ1n) is 8.95. The van der Waals surface area contributed by atoms with Crippen molar-refractivity contribution in [3.05, 3.63) is 35.9 Å². The molecule has 2 amide bonds. The number of rotatable bonds is 6. The molecule has 1 aliphatic rings. The third-order valence-electron chi connectivity index (χ3n) is 4.60. The van der Waals surface area contributed by atoms with Crippen molar-refractivity contribution in [1.82, 2.24) is 14.7 Å². The molecule has 0 atom stereocenters. The van der Waals surface area contributed by atoms with E-state index < -0.39 is 0 Å². The number of nitrogens with zero attached hydrogens (tertiary/aromatic N) is 3. The van der Waals surface area contributed by atoms with Gasteiger partial charge in [-0.05, 0) is 44.3 Å². The number of benzene rings is 1. The number of allylic oxidation sites excluding steroid dienone is 1. The Morgan fingerprint density at radius 2 is 1.65 bits per heavy atom.